The van der Waals surface area contributed by atoms with Crippen molar-refractivity contribution in [1.82, 2.24) is 20.0 Å². The average molecular weight is 469 g/mol. The lowest BCUT2D eigenvalue weighted by molar-refractivity contribution is -0.126. The van der Waals surface area contributed by atoms with Gasteiger partial charge in [-0.3, -0.25) is 14.3 Å². The number of carbonyl (C=O) groups is 2. The summed E-state index contributed by atoms with van der Waals surface area (Å²) in [5, 5.41) is 7.95. The van der Waals surface area contributed by atoms with E-state index in [-0.39, 0.29) is 17.7 Å². The predicted octanol–water partition coefficient (Wildman–Crippen LogP) is 4.36. The Bertz CT molecular complexity index is 1260. The molecule has 2 amide bonds. The van der Waals surface area contributed by atoms with Crippen molar-refractivity contribution in [2.75, 3.05) is 13.1 Å². The van der Waals surface area contributed by atoms with Gasteiger partial charge < -0.3 is 14.6 Å². The van der Waals surface area contributed by atoms with Crippen molar-refractivity contribution in [3.63, 3.8) is 0 Å². The quantitative estimate of drug-likeness (QED) is 0.437. The van der Waals surface area contributed by atoms with Gasteiger partial charge in [-0.1, -0.05) is 60.7 Å². The number of aromatic nitrogens is 2. The van der Waals surface area contributed by atoms with Crippen LogP contribution >= 0.6 is 0 Å². The maximum Gasteiger partial charge on any atom is 0.257 e. The summed E-state index contributed by atoms with van der Waals surface area (Å²) in [4.78, 5) is 27.3. The molecule has 0 radical (unpaired) electrons. The van der Waals surface area contributed by atoms with Gasteiger partial charge in [-0.25, -0.2) is 0 Å². The molecule has 1 saturated heterocycles. The minimum Gasteiger partial charge on any atom is -0.472 e. The molecule has 0 saturated carbocycles. The average Bonchev–Trinajstić information content (AvgIpc) is 3.59. The van der Waals surface area contributed by atoms with Crippen LogP contribution in [0.2, 0.25) is 0 Å². The van der Waals surface area contributed by atoms with Crippen LogP contribution in [0.4, 0.5) is 0 Å². The van der Waals surface area contributed by atoms with Crippen LogP contribution in [0.1, 0.15) is 34.3 Å². The lowest BCUT2D eigenvalue weighted by Crippen LogP contribution is -2.42. The van der Waals surface area contributed by atoms with Crippen molar-refractivity contribution in [3.05, 3.63) is 102 Å². The Balaban J connectivity index is 1.23. The smallest absolute Gasteiger partial charge is 0.257 e. The molecule has 2 aromatic carbocycles. The second-order valence-corrected chi connectivity index (χ2v) is 8.85. The van der Waals surface area contributed by atoms with Crippen LogP contribution in [0.5, 0.6) is 0 Å². The summed E-state index contributed by atoms with van der Waals surface area (Å²) in [6, 6.07) is 21.9. The minimum atomic E-state index is -0.108. The monoisotopic (exact) mass is 468 g/mol. The topological polar surface area (TPSA) is 80.4 Å². The number of hydrogen-bond acceptors (Lipinski definition) is 4. The molecule has 1 N–H and O–H groups in total. The molecule has 35 heavy (non-hydrogen) atoms. The number of amides is 2. The van der Waals surface area contributed by atoms with Crippen LogP contribution in [0, 0.1) is 5.92 Å². The van der Waals surface area contributed by atoms with E-state index in [0.29, 0.717) is 44.6 Å². The van der Waals surface area contributed by atoms with Gasteiger partial charge in [0.25, 0.3) is 5.91 Å². The Morgan fingerprint density at radius 1 is 0.971 bits per heavy atom. The maximum atomic E-state index is 13.0. The number of likely N-dealkylation sites (tertiary alicyclic amines) is 1. The Morgan fingerprint density at radius 3 is 2.37 bits per heavy atom. The second kappa shape index (κ2) is 10.4. The van der Waals surface area contributed by atoms with E-state index in [0.717, 1.165) is 16.8 Å². The Hall–Kier alpha value is -4.13. The molecule has 4 aromatic rings. The highest BCUT2D eigenvalue weighted by atomic mass is 16.3. The van der Waals surface area contributed by atoms with Crippen molar-refractivity contribution in [1.29, 1.82) is 0 Å². The summed E-state index contributed by atoms with van der Waals surface area (Å²) in [5.41, 5.74) is 4.60. The SMILES string of the molecule is O=C(NCc1cn(Cc2ccccc2)nc1-c1ccccc1)C1CCN(C(=O)c2ccoc2)CC1. The molecule has 2 aromatic heterocycles. The summed E-state index contributed by atoms with van der Waals surface area (Å²) in [7, 11) is 0. The highest BCUT2D eigenvalue weighted by Crippen LogP contribution is 2.24. The first-order valence-electron chi connectivity index (χ1n) is 11.9. The zero-order valence-electron chi connectivity index (χ0n) is 19.5. The Morgan fingerprint density at radius 2 is 1.69 bits per heavy atom. The van der Waals surface area contributed by atoms with Crippen molar-refractivity contribution in [2.24, 2.45) is 5.92 Å². The molecule has 7 nitrogen and oxygen atoms in total. The number of nitrogens with zero attached hydrogens (tertiary/aromatic N) is 3. The van der Waals surface area contributed by atoms with E-state index >= 15 is 0 Å². The fourth-order valence-electron chi connectivity index (χ4n) is 4.52. The van der Waals surface area contributed by atoms with E-state index in [2.05, 4.69) is 17.4 Å². The highest BCUT2D eigenvalue weighted by molar-refractivity contribution is 5.94. The molecule has 7 heteroatoms. The van der Waals surface area contributed by atoms with Crippen molar-refractivity contribution < 1.29 is 14.0 Å². The van der Waals surface area contributed by atoms with Gasteiger partial charge in [0.15, 0.2) is 0 Å². The molecular formula is C28H28N4O3. The third-order valence-electron chi connectivity index (χ3n) is 6.45. The molecule has 1 aliphatic rings. The third kappa shape index (κ3) is 5.35. The van der Waals surface area contributed by atoms with Crippen LogP contribution in [0.15, 0.2) is 89.9 Å². The van der Waals surface area contributed by atoms with Crippen molar-refractivity contribution in [3.8, 4) is 11.3 Å². The molecular weight excluding hydrogens is 440 g/mol. The third-order valence-corrected chi connectivity index (χ3v) is 6.45. The van der Waals surface area contributed by atoms with Gasteiger partial charge >= 0.3 is 0 Å². The van der Waals surface area contributed by atoms with Gasteiger partial charge in [-0.2, -0.15) is 5.10 Å². The first kappa shape index (κ1) is 22.7. The summed E-state index contributed by atoms with van der Waals surface area (Å²) >= 11 is 0. The molecule has 0 bridgehead atoms. The van der Waals surface area contributed by atoms with E-state index in [1.807, 2.05) is 59.4 Å². The molecule has 178 valence electrons. The molecule has 1 fully saturated rings. The molecule has 3 heterocycles. The first-order chi connectivity index (χ1) is 17.2. The molecule has 0 atom stereocenters. The van der Waals surface area contributed by atoms with Gasteiger partial charge in [0, 0.05) is 42.9 Å². The standard InChI is InChI=1S/C28H28N4O3/c33-27(23-11-14-31(15-12-23)28(34)24-13-16-35-20-24)29-17-25-19-32(18-21-7-3-1-4-8-21)30-26(25)22-9-5-2-6-10-22/h1-10,13,16,19-20,23H,11-12,14-15,17-18H2,(H,29,33). The van der Waals surface area contributed by atoms with E-state index < -0.39 is 0 Å². The molecule has 1 aliphatic heterocycles. The van der Waals surface area contributed by atoms with Gasteiger partial charge in [0.2, 0.25) is 5.91 Å². The van der Waals surface area contributed by atoms with E-state index in [4.69, 9.17) is 9.52 Å². The van der Waals surface area contributed by atoms with Gasteiger partial charge in [0.05, 0.1) is 24.1 Å². The zero-order chi connectivity index (χ0) is 24.0. The fourth-order valence-corrected chi connectivity index (χ4v) is 4.52. The summed E-state index contributed by atoms with van der Waals surface area (Å²) in [5.74, 6) is -0.130. The molecule has 0 spiro atoms. The number of rotatable bonds is 7. The number of piperidine rings is 1. The summed E-state index contributed by atoms with van der Waals surface area (Å²) in [6.07, 6.45) is 6.27. The van der Waals surface area contributed by atoms with Gasteiger partial charge in [0.1, 0.15) is 6.26 Å². The minimum absolute atomic E-state index is 0.0234. The number of furan rings is 1. The fraction of sp³-hybridized carbons (Fsp3) is 0.250. The Kier molecular flexibility index (Phi) is 6.75. The number of benzene rings is 2. The number of nitrogens with one attached hydrogen (secondary N) is 1. The predicted molar refractivity (Wildman–Crippen MR) is 132 cm³/mol. The number of hydrogen-bond donors (Lipinski definition) is 1. The molecule has 0 unspecified atom stereocenters. The van der Waals surface area contributed by atoms with Crippen molar-refractivity contribution >= 4 is 11.8 Å². The van der Waals surface area contributed by atoms with E-state index in [9.17, 15) is 9.59 Å². The first-order valence-corrected chi connectivity index (χ1v) is 11.9. The van der Waals surface area contributed by atoms with E-state index in [1.54, 1.807) is 11.0 Å². The number of carbonyl (C=O) groups excluding carboxylic acids is 2. The molecule has 0 aliphatic carbocycles. The van der Waals surface area contributed by atoms with Crippen LogP contribution < -0.4 is 5.32 Å². The second-order valence-electron chi connectivity index (χ2n) is 8.85. The zero-order valence-corrected chi connectivity index (χ0v) is 19.5. The Labute approximate surface area is 204 Å². The summed E-state index contributed by atoms with van der Waals surface area (Å²) < 4.78 is 6.95. The maximum absolute atomic E-state index is 13.0. The van der Waals surface area contributed by atoms with Gasteiger partial charge in [-0.05, 0) is 24.5 Å². The highest BCUT2D eigenvalue weighted by Gasteiger charge is 2.28. The normalized spacial score (nSPS) is 14.1. The van der Waals surface area contributed by atoms with Crippen LogP contribution in [0.3, 0.4) is 0 Å². The van der Waals surface area contributed by atoms with E-state index in [1.165, 1.54) is 18.1 Å². The molecule has 5 rings (SSSR count). The lowest BCUT2D eigenvalue weighted by Gasteiger charge is -2.31. The van der Waals surface area contributed by atoms with Crippen LogP contribution in [-0.4, -0.2) is 39.6 Å². The van der Waals surface area contributed by atoms with Gasteiger partial charge in [-0.15, -0.1) is 0 Å². The summed E-state index contributed by atoms with van der Waals surface area (Å²) in [6.45, 7) is 2.20. The van der Waals surface area contributed by atoms with Crippen molar-refractivity contribution in [2.45, 2.75) is 25.9 Å². The lowest BCUT2D eigenvalue weighted by atomic mass is 9.95. The largest absolute Gasteiger partial charge is 0.472 e. The van der Waals surface area contributed by atoms with Crippen LogP contribution in [-0.2, 0) is 17.9 Å². The van der Waals surface area contributed by atoms with Crippen LogP contribution in [0.25, 0.3) is 11.3 Å².